The molecule has 1 aromatic carbocycles. The molecule has 2 rings (SSSR count). The summed E-state index contributed by atoms with van der Waals surface area (Å²) in [6, 6.07) is 5.79. The van der Waals surface area contributed by atoms with Crippen LogP contribution in [0.4, 0.5) is 4.79 Å². The Morgan fingerprint density at radius 1 is 1.48 bits per heavy atom. The number of halogens is 1. The van der Waals surface area contributed by atoms with Gasteiger partial charge in [-0.25, -0.2) is 9.59 Å². The number of nitrogens with one attached hydrogen (secondary N) is 1. The van der Waals surface area contributed by atoms with Crippen molar-refractivity contribution in [2.75, 3.05) is 6.54 Å². The van der Waals surface area contributed by atoms with E-state index in [2.05, 4.69) is 21.2 Å². The maximum atomic E-state index is 12.2. The van der Waals surface area contributed by atoms with Crippen molar-refractivity contribution in [2.45, 2.75) is 31.5 Å². The van der Waals surface area contributed by atoms with Crippen molar-refractivity contribution in [3.05, 3.63) is 34.3 Å². The minimum absolute atomic E-state index is 0.0357. The van der Waals surface area contributed by atoms with E-state index < -0.39 is 24.1 Å². The maximum Gasteiger partial charge on any atom is 0.326 e. The van der Waals surface area contributed by atoms with Crippen LogP contribution in [-0.2, 0) is 4.79 Å². The third-order valence-corrected chi connectivity index (χ3v) is 4.01. The van der Waals surface area contributed by atoms with Crippen LogP contribution in [-0.4, -0.2) is 45.8 Å². The summed E-state index contributed by atoms with van der Waals surface area (Å²) in [7, 11) is 0. The fourth-order valence-corrected chi connectivity index (χ4v) is 2.82. The zero-order valence-corrected chi connectivity index (χ0v) is 13.1. The molecular weight excluding hydrogens is 340 g/mol. The van der Waals surface area contributed by atoms with Crippen LogP contribution < -0.4 is 5.32 Å². The fraction of sp³-hybridized carbons (Fsp3) is 0.429. The summed E-state index contributed by atoms with van der Waals surface area (Å²) in [5.41, 5.74) is 0.907. The predicted molar refractivity (Wildman–Crippen MR) is 79.8 cm³/mol. The highest BCUT2D eigenvalue weighted by molar-refractivity contribution is 9.10. The lowest BCUT2D eigenvalue weighted by molar-refractivity contribution is -0.141. The van der Waals surface area contributed by atoms with Gasteiger partial charge in [0.2, 0.25) is 0 Å². The third kappa shape index (κ3) is 3.74. The Morgan fingerprint density at radius 2 is 2.19 bits per heavy atom. The van der Waals surface area contributed by atoms with E-state index in [1.54, 1.807) is 0 Å². The molecule has 1 fully saturated rings. The molecule has 6 nitrogen and oxygen atoms in total. The number of aliphatic hydroxyl groups is 1. The van der Waals surface area contributed by atoms with Crippen molar-refractivity contribution in [1.82, 2.24) is 10.2 Å². The van der Waals surface area contributed by atoms with Crippen LogP contribution in [0, 0.1) is 0 Å². The summed E-state index contributed by atoms with van der Waals surface area (Å²) in [5, 5.41) is 21.4. The summed E-state index contributed by atoms with van der Waals surface area (Å²) in [4.78, 5) is 24.5. The van der Waals surface area contributed by atoms with Gasteiger partial charge in [0.15, 0.2) is 0 Å². The van der Waals surface area contributed by atoms with E-state index in [4.69, 9.17) is 5.11 Å². The molecule has 7 heteroatoms. The minimum Gasteiger partial charge on any atom is -0.480 e. The Balaban J connectivity index is 2.05. The number of aliphatic carboxylic acids is 1. The molecule has 1 aliphatic heterocycles. The lowest BCUT2D eigenvalue weighted by atomic mass is 10.1. The second-order valence-electron chi connectivity index (χ2n) is 5.12. The summed E-state index contributed by atoms with van der Waals surface area (Å²) < 4.78 is 0.904. The third-order valence-electron chi connectivity index (χ3n) is 3.51. The summed E-state index contributed by atoms with van der Waals surface area (Å²) in [6.07, 6.45) is -0.730. The van der Waals surface area contributed by atoms with E-state index in [0.717, 1.165) is 10.0 Å². The molecule has 0 spiro atoms. The average Bonchev–Trinajstić information content (AvgIpc) is 2.81. The molecule has 3 N–H and O–H groups in total. The first-order valence-electron chi connectivity index (χ1n) is 6.62. The van der Waals surface area contributed by atoms with Gasteiger partial charge in [0.1, 0.15) is 6.04 Å². The van der Waals surface area contributed by atoms with E-state index in [0.29, 0.717) is 0 Å². The Kier molecular flexibility index (Phi) is 4.84. The Labute approximate surface area is 130 Å². The molecular formula is C14H17BrN2O4. The molecule has 114 valence electrons. The van der Waals surface area contributed by atoms with Gasteiger partial charge in [-0.2, -0.15) is 0 Å². The van der Waals surface area contributed by atoms with Gasteiger partial charge in [-0.1, -0.05) is 28.1 Å². The molecule has 3 atom stereocenters. The molecule has 0 bridgehead atoms. The summed E-state index contributed by atoms with van der Waals surface area (Å²) in [5.74, 6) is -1.10. The molecule has 2 amide bonds. The summed E-state index contributed by atoms with van der Waals surface area (Å²) in [6.45, 7) is 1.86. The molecule has 1 saturated heterocycles. The first-order chi connectivity index (χ1) is 9.88. The van der Waals surface area contributed by atoms with Gasteiger partial charge in [-0.05, 0) is 24.6 Å². The number of hydrogen-bond acceptors (Lipinski definition) is 3. The van der Waals surface area contributed by atoms with Gasteiger partial charge in [0.25, 0.3) is 0 Å². The number of carboxylic acids is 1. The number of urea groups is 1. The quantitative estimate of drug-likeness (QED) is 0.769. The lowest BCUT2D eigenvalue weighted by Gasteiger charge is -2.24. The minimum atomic E-state index is -1.10. The molecule has 1 aliphatic rings. The molecule has 0 radical (unpaired) electrons. The maximum absolute atomic E-state index is 12.2. The van der Waals surface area contributed by atoms with Gasteiger partial charge in [-0.15, -0.1) is 0 Å². The van der Waals surface area contributed by atoms with Crippen LogP contribution in [0.25, 0.3) is 0 Å². The number of β-amino-alcohol motifs (C(OH)–C–C–N with tert-alkyl or cyclic N) is 1. The highest BCUT2D eigenvalue weighted by atomic mass is 79.9. The van der Waals surface area contributed by atoms with Gasteiger partial charge in [-0.3, -0.25) is 0 Å². The van der Waals surface area contributed by atoms with Crippen LogP contribution in [0.3, 0.4) is 0 Å². The monoisotopic (exact) mass is 356 g/mol. The first kappa shape index (κ1) is 15.8. The van der Waals surface area contributed by atoms with Gasteiger partial charge in [0, 0.05) is 17.4 Å². The highest BCUT2D eigenvalue weighted by Gasteiger charge is 2.39. The molecule has 1 aromatic rings. The van der Waals surface area contributed by atoms with Crippen molar-refractivity contribution < 1.29 is 19.8 Å². The van der Waals surface area contributed by atoms with Gasteiger partial charge >= 0.3 is 12.0 Å². The Bertz CT molecular complexity index is 552. The van der Waals surface area contributed by atoms with Crippen LogP contribution >= 0.6 is 15.9 Å². The first-order valence-corrected chi connectivity index (χ1v) is 7.41. The number of carbonyl (C=O) groups excluding carboxylic acids is 1. The fourth-order valence-electron chi connectivity index (χ4n) is 2.40. The average molecular weight is 357 g/mol. The normalized spacial score (nSPS) is 22.9. The number of hydrogen-bond donors (Lipinski definition) is 3. The number of carboxylic acid groups (broad SMARTS) is 1. The number of amides is 2. The topological polar surface area (TPSA) is 89.9 Å². The Hall–Kier alpha value is -1.60. The van der Waals surface area contributed by atoms with Crippen molar-refractivity contribution in [2.24, 2.45) is 0 Å². The van der Waals surface area contributed by atoms with E-state index in [1.165, 1.54) is 4.90 Å². The molecule has 21 heavy (non-hydrogen) atoms. The zero-order valence-electron chi connectivity index (χ0n) is 11.5. The van der Waals surface area contributed by atoms with Crippen molar-refractivity contribution in [3.63, 3.8) is 0 Å². The number of rotatable bonds is 3. The molecule has 0 aromatic heterocycles. The number of carbonyl (C=O) groups is 2. The van der Waals surface area contributed by atoms with Crippen molar-refractivity contribution >= 4 is 27.9 Å². The van der Waals surface area contributed by atoms with Gasteiger partial charge in [0.05, 0.1) is 12.1 Å². The molecule has 0 aliphatic carbocycles. The van der Waals surface area contributed by atoms with Crippen LogP contribution in [0.5, 0.6) is 0 Å². The van der Waals surface area contributed by atoms with E-state index in [-0.39, 0.29) is 19.0 Å². The van der Waals surface area contributed by atoms with Crippen LogP contribution in [0.15, 0.2) is 28.7 Å². The Morgan fingerprint density at radius 3 is 2.81 bits per heavy atom. The number of nitrogens with zero attached hydrogens (tertiary/aromatic N) is 1. The van der Waals surface area contributed by atoms with Crippen molar-refractivity contribution in [3.8, 4) is 0 Å². The predicted octanol–water partition coefficient (Wildman–Crippen LogP) is 1.74. The number of benzene rings is 1. The number of aliphatic hydroxyl groups excluding tert-OH is 1. The second kappa shape index (κ2) is 6.44. The highest BCUT2D eigenvalue weighted by Crippen LogP contribution is 2.21. The largest absolute Gasteiger partial charge is 0.480 e. The van der Waals surface area contributed by atoms with E-state index in [9.17, 15) is 14.7 Å². The smallest absolute Gasteiger partial charge is 0.326 e. The standard InChI is InChI=1S/C14H17BrN2O4/c1-8(9-3-2-4-10(15)5-9)16-14(21)17-7-11(18)6-12(17)13(19)20/h2-5,8,11-12,18H,6-7H2,1H3,(H,16,21)(H,19,20)/t8?,11-,12+/m1/s1. The van der Waals surface area contributed by atoms with Crippen LogP contribution in [0.1, 0.15) is 24.9 Å². The SMILES string of the molecule is CC(NC(=O)N1C[C@H](O)C[C@H]1C(=O)O)c1cccc(Br)c1. The van der Waals surface area contributed by atoms with Crippen molar-refractivity contribution in [1.29, 1.82) is 0 Å². The van der Waals surface area contributed by atoms with Gasteiger partial charge < -0.3 is 20.4 Å². The number of likely N-dealkylation sites (tertiary alicyclic amines) is 1. The summed E-state index contributed by atoms with van der Waals surface area (Å²) >= 11 is 3.37. The zero-order chi connectivity index (χ0) is 15.6. The second-order valence-corrected chi connectivity index (χ2v) is 6.04. The van der Waals surface area contributed by atoms with E-state index in [1.807, 2.05) is 31.2 Å². The van der Waals surface area contributed by atoms with Crippen LogP contribution in [0.2, 0.25) is 0 Å². The van der Waals surface area contributed by atoms with E-state index >= 15 is 0 Å². The molecule has 1 heterocycles. The molecule has 0 saturated carbocycles. The lowest BCUT2D eigenvalue weighted by Crippen LogP contribution is -2.46. The molecule has 1 unspecified atom stereocenters.